The van der Waals surface area contributed by atoms with Crippen LogP contribution in [0.25, 0.3) is 0 Å². The van der Waals surface area contributed by atoms with Crippen LogP contribution in [0.2, 0.25) is 5.02 Å². The van der Waals surface area contributed by atoms with E-state index < -0.39 is 0 Å². The Labute approximate surface area is 84.3 Å². The molecule has 0 spiro atoms. The minimum absolute atomic E-state index is 0. The van der Waals surface area contributed by atoms with Gasteiger partial charge in [0.2, 0.25) is 0 Å². The van der Waals surface area contributed by atoms with Crippen molar-refractivity contribution in [2.75, 3.05) is 0 Å². The first-order chi connectivity index (χ1) is 5.11. The van der Waals surface area contributed by atoms with Crippen molar-refractivity contribution in [2.24, 2.45) is 5.73 Å². The molecular formula is C9H13Cl2N. The number of hydrogen-bond donors (Lipinski definition) is 1. The van der Waals surface area contributed by atoms with Gasteiger partial charge in [-0.05, 0) is 31.0 Å². The lowest BCUT2D eigenvalue weighted by molar-refractivity contribution is 0.817. The van der Waals surface area contributed by atoms with Crippen LogP contribution in [0.1, 0.15) is 24.1 Å². The molecule has 68 valence electrons. The van der Waals surface area contributed by atoms with Gasteiger partial charge >= 0.3 is 0 Å². The SMILES string of the molecule is Cc1cc(C(C)N)ccc1Cl.Cl. The van der Waals surface area contributed by atoms with Crippen LogP contribution in [-0.4, -0.2) is 0 Å². The first-order valence-electron chi connectivity index (χ1n) is 3.63. The Bertz CT molecular complexity index is 259. The molecule has 0 aliphatic rings. The maximum Gasteiger partial charge on any atom is 0.0435 e. The zero-order valence-electron chi connectivity index (χ0n) is 7.17. The monoisotopic (exact) mass is 205 g/mol. The molecule has 0 saturated carbocycles. The summed E-state index contributed by atoms with van der Waals surface area (Å²) in [6.07, 6.45) is 0. The van der Waals surface area contributed by atoms with Crippen LogP contribution in [0.4, 0.5) is 0 Å². The van der Waals surface area contributed by atoms with Crippen molar-refractivity contribution in [2.45, 2.75) is 19.9 Å². The second-order valence-corrected chi connectivity index (χ2v) is 3.20. The number of hydrogen-bond acceptors (Lipinski definition) is 1. The van der Waals surface area contributed by atoms with Gasteiger partial charge in [-0.2, -0.15) is 0 Å². The van der Waals surface area contributed by atoms with Crippen molar-refractivity contribution < 1.29 is 0 Å². The third-order valence-electron chi connectivity index (χ3n) is 1.71. The lowest BCUT2D eigenvalue weighted by Crippen LogP contribution is -2.04. The predicted molar refractivity (Wildman–Crippen MR) is 56.0 cm³/mol. The third-order valence-corrected chi connectivity index (χ3v) is 2.13. The first kappa shape index (κ1) is 11.8. The molecule has 0 aliphatic heterocycles. The van der Waals surface area contributed by atoms with E-state index in [9.17, 15) is 0 Å². The molecule has 0 heterocycles. The molecule has 1 aromatic rings. The van der Waals surface area contributed by atoms with E-state index in [4.69, 9.17) is 17.3 Å². The highest BCUT2D eigenvalue weighted by atomic mass is 35.5. The van der Waals surface area contributed by atoms with Crippen molar-refractivity contribution in [1.82, 2.24) is 0 Å². The quantitative estimate of drug-likeness (QED) is 0.750. The Hall–Kier alpha value is -0.240. The highest BCUT2D eigenvalue weighted by molar-refractivity contribution is 6.31. The predicted octanol–water partition coefficient (Wildman–Crippen LogP) is 3.09. The van der Waals surface area contributed by atoms with Gasteiger partial charge in [0.1, 0.15) is 0 Å². The Kier molecular flexibility index (Phi) is 4.61. The van der Waals surface area contributed by atoms with Crippen LogP contribution in [0.5, 0.6) is 0 Å². The minimum atomic E-state index is 0. The van der Waals surface area contributed by atoms with E-state index >= 15 is 0 Å². The number of aryl methyl sites for hydroxylation is 1. The summed E-state index contributed by atoms with van der Waals surface area (Å²) in [5.74, 6) is 0. The number of nitrogens with two attached hydrogens (primary N) is 1. The van der Waals surface area contributed by atoms with Gasteiger partial charge in [0, 0.05) is 11.1 Å². The minimum Gasteiger partial charge on any atom is -0.324 e. The van der Waals surface area contributed by atoms with Gasteiger partial charge < -0.3 is 5.73 Å². The van der Waals surface area contributed by atoms with Crippen molar-refractivity contribution in [3.05, 3.63) is 34.3 Å². The molecule has 0 amide bonds. The Morgan fingerprint density at radius 1 is 1.42 bits per heavy atom. The molecule has 1 aromatic carbocycles. The summed E-state index contributed by atoms with van der Waals surface area (Å²) >= 11 is 5.84. The standard InChI is InChI=1S/C9H12ClN.ClH/c1-6-5-8(7(2)11)3-4-9(6)10;/h3-5,7H,11H2,1-2H3;1H. The van der Waals surface area contributed by atoms with Crippen molar-refractivity contribution >= 4 is 24.0 Å². The van der Waals surface area contributed by atoms with E-state index in [0.717, 1.165) is 16.1 Å². The molecule has 0 bridgehead atoms. The van der Waals surface area contributed by atoms with Gasteiger partial charge in [0.25, 0.3) is 0 Å². The van der Waals surface area contributed by atoms with E-state index in [1.54, 1.807) is 0 Å². The van der Waals surface area contributed by atoms with Crippen molar-refractivity contribution in [1.29, 1.82) is 0 Å². The third kappa shape index (κ3) is 2.67. The molecule has 3 heteroatoms. The molecular weight excluding hydrogens is 193 g/mol. The molecule has 12 heavy (non-hydrogen) atoms. The van der Waals surface area contributed by atoms with Crippen molar-refractivity contribution in [3.8, 4) is 0 Å². The van der Waals surface area contributed by atoms with E-state index in [-0.39, 0.29) is 18.4 Å². The fraction of sp³-hybridized carbons (Fsp3) is 0.333. The molecule has 0 aromatic heterocycles. The van der Waals surface area contributed by atoms with Crippen LogP contribution in [0, 0.1) is 6.92 Å². The van der Waals surface area contributed by atoms with E-state index in [1.807, 2.05) is 32.0 Å². The largest absolute Gasteiger partial charge is 0.324 e. The molecule has 0 aliphatic carbocycles. The Balaban J connectivity index is 0.00000121. The average Bonchev–Trinajstić information content (AvgIpc) is 1.94. The Morgan fingerprint density at radius 3 is 2.42 bits per heavy atom. The number of rotatable bonds is 1. The number of benzene rings is 1. The van der Waals surface area contributed by atoms with Crippen LogP contribution in [0.15, 0.2) is 18.2 Å². The van der Waals surface area contributed by atoms with Crippen LogP contribution in [0.3, 0.4) is 0 Å². The van der Waals surface area contributed by atoms with E-state index in [2.05, 4.69) is 0 Å². The molecule has 0 saturated heterocycles. The van der Waals surface area contributed by atoms with Gasteiger partial charge in [-0.15, -0.1) is 12.4 Å². The zero-order chi connectivity index (χ0) is 8.43. The smallest absolute Gasteiger partial charge is 0.0435 e. The fourth-order valence-electron chi connectivity index (χ4n) is 0.951. The highest BCUT2D eigenvalue weighted by Crippen LogP contribution is 2.19. The lowest BCUT2D eigenvalue weighted by Gasteiger charge is -2.06. The summed E-state index contributed by atoms with van der Waals surface area (Å²) in [7, 11) is 0. The van der Waals surface area contributed by atoms with E-state index in [0.29, 0.717) is 0 Å². The fourth-order valence-corrected chi connectivity index (χ4v) is 1.07. The molecule has 2 N–H and O–H groups in total. The van der Waals surface area contributed by atoms with Crippen molar-refractivity contribution in [3.63, 3.8) is 0 Å². The van der Waals surface area contributed by atoms with Gasteiger partial charge in [0.15, 0.2) is 0 Å². The normalized spacial score (nSPS) is 12.0. The summed E-state index contributed by atoms with van der Waals surface area (Å²) in [6.45, 7) is 3.94. The maximum atomic E-state index is 5.84. The molecule has 1 nitrogen and oxygen atoms in total. The number of halogens is 2. The summed E-state index contributed by atoms with van der Waals surface area (Å²) in [4.78, 5) is 0. The topological polar surface area (TPSA) is 26.0 Å². The highest BCUT2D eigenvalue weighted by Gasteiger charge is 2.00. The van der Waals surface area contributed by atoms with Gasteiger partial charge in [0.05, 0.1) is 0 Å². The summed E-state index contributed by atoms with van der Waals surface area (Å²) < 4.78 is 0. The first-order valence-corrected chi connectivity index (χ1v) is 4.00. The molecule has 1 unspecified atom stereocenters. The van der Waals surface area contributed by atoms with Crippen LogP contribution < -0.4 is 5.73 Å². The molecule has 1 rings (SSSR count). The second kappa shape index (κ2) is 4.70. The van der Waals surface area contributed by atoms with Gasteiger partial charge in [-0.25, -0.2) is 0 Å². The molecule has 0 radical (unpaired) electrons. The average molecular weight is 206 g/mol. The lowest BCUT2D eigenvalue weighted by atomic mass is 10.1. The zero-order valence-corrected chi connectivity index (χ0v) is 8.75. The van der Waals surface area contributed by atoms with Crippen LogP contribution >= 0.6 is 24.0 Å². The second-order valence-electron chi connectivity index (χ2n) is 2.80. The Morgan fingerprint density at radius 2 is 2.00 bits per heavy atom. The maximum absolute atomic E-state index is 5.84. The summed E-state index contributed by atoms with van der Waals surface area (Å²) in [6, 6.07) is 5.95. The van der Waals surface area contributed by atoms with Gasteiger partial charge in [-0.3, -0.25) is 0 Å². The summed E-state index contributed by atoms with van der Waals surface area (Å²) in [5, 5.41) is 0.800. The molecule has 0 fully saturated rings. The molecule has 1 atom stereocenters. The summed E-state index contributed by atoms with van der Waals surface area (Å²) in [5.41, 5.74) is 7.91. The van der Waals surface area contributed by atoms with E-state index in [1.165, 1.54) is 0 Å². The van der Waals surface area contributed by atoms with Gasteiger partial charge in [-0.1, -0.05) is 23.7 Å². The van der Waals surface area contributed by atoms with Crippen LogP contribution in [-0.2, 0) is 0 Å².